The van der Waals surface area contributed by atoms with Crippen molar-refractivity contribution in [2.75, 3.05) is 12.4 Å². The van der Waals surface area contributed by atoms with Gasteiger partial charge in [0.1, 0.15) is 0 Å². The van der Waals surface area contributed by atoms with Crippen LogP contribution in [-0.4, -0.2) is 13.3 Å². The molecular weight excluding hydrogens is 172 g/mol. The highest BCUT2D eigenvalue weighted by Gasteiger charge is 1.93. The third kappa shape index (κ3) is 2.59. The van der Waals surface area contributed by atoms with Gasteiger partial charge in [0.25, 0.3) is 0 Å². The minimum Gasteiger partial charge on any atom is -0.388 e. The smallest absolute Gasteiger partial charge is 0.0411 e. The van der Waals surface area contributed by atoms with E-state index in [0.29, 0.717) is 5.57 Å². The predicted molar refractivity (Wildman–Crippen MR) is 62.9 cm³/mol. The quantitative estimate of drug-likeness (QED) is 0.550. The van der Waals surface area contributed by atoms with Crippen LogP contribution in [-0.2, 0) is 0 Å². The van der Waals surface area contributed by atoms with Crippen molar-refractivity contribution in [3.63, 3.8) is 0 Å². The van der Waals surface area contributed by atoms with Gasteiger partial charge in [-0.3, -0.25) is 0 Å². The standard InChI is InChI=1S/C12H14N2/c1-10(9-13)7-8-11-5-3-4-6-12(11)14-2/h3-9,13-14H,1H2,2H3/b8-7+,13-9?. The number of benzene rings is 1. The molecule has 0 atom stereocenters. The normalized spacial score (nSPS) is 10.1. The molecule has 0 saturated carbocycles. The van der Waals surface area contributed by atoms with Gasteiger partial charge in [0.2, 0.25) is 0 Å². The summed E-state index contributed by atoms with van der Waals surface area (Å²) >= 11 is 0. The fourth-order valence-electron chi connectivity index (χ4n) is 1.11. The van der Waals surface area contributed by atoms with Gasteiger partial charge in [-0.25, -0.2) is 0 Å². The number of anilines is 1. The van der Waals surface area contributed by atoms with Crippen LogP contribution in [0.1, 0.15) is 5.56 Å². The van der Waals surface area contributed by atoms with Crippen LogP contribution in [0.2, 0.25) is 0 Å². The maximum absolute atomic E-state index is 6.98. The van der Waals surface area contributed by atoms with Crippen LogP contribution in [0.25, 0.3) is 6.08 Å². The van der Waals surface area contributed by atoms with E-state index in [0.717, 1.165) is 11.3 Å². The maximum atomic E-state index is 6.98. The van der Waals surface area contributed by atoms with E-state index in [1.54, 1.807) is 0 Å². The highest BCUT2D eigenvalue weighted by molar-refractivity contribution is 5.82. The summed E-state index contributed by atoms with van der Waals surface area (Å²) in [4.78, 5) is 0. The summed E-state index contributed by atoms with van der Waals surface area (Å²) in [6, 6.07) is 7.98. The lowest BCUT2D eigenvalue weighted by molar-refractivity contribution is 1.49. The first-order valence-electron chi connectivity index (χ1n) is 4.42. The van der Waals surface area contributed by atoms with Crippen molar-refractivity contribution in [1.29, 1.82) is 5.41 Å². The summed E-state index contributed by atoms with van der Waals surface area (Å²) in [5.41, 5.74) is 2.86. The molecule has 0 spiro atoms. The summed E-state index contributed by atoms with van der Waals surface area (Å²) in [6.07, 6.45) is 5.00. The molecule has 72 valence electrons. The summed E-state index contributed by atoms with van der Waals surface area (Å²) in [5, 5.41) is 10.1. The fraction of sp³-hybridized carbons (Fsp3) is 0.0833. The molecule has 1 rings (SSSR count). The molecule has 1 aromatic rings. The van der Waals surface area contributed by atoms with Crippen LogP contribution in [0.15, 0.2) is 42.5 Å². The summed E-state index contributed by atoms with van der Waals surface area (Å²) in [5.74, 6) is 0. The zero-order valence-electron chi connectivity index (χ0n) is 8.25. The molecule has 0 amide bonds. The number of hydrogen-bond donors (Lipinski definition) is 2. The number of hydrogen-bond acceptors (Lipinski definition) is 2. The molecule has 0 aliphatic heterocycles. The van der Waals surface area contributed by atoms with E-state index in [4.69, 9.17) is 5.41 Å². The van der Waals surface area contributed by atoms with Crippen LogP contribution < -0.4 is 5.32 Å². The van der Waals surface area contributed by atoms with Gasteiger partial charge in [0.15, 0.2) is 0 Å². The Labute approximate surface area is 84.5 Å². The minimum atomic E-state index is 0.691. The first-order chi connectivity index (χ1) is 6.77. The lowest BCUT2D eigenvalue weighted by Crippen LogP contribution is -1.90. The van der Waals surface area contributed by atoms with E-state index in [9.17, 15) is 0 Å². The van der Waals surface area contributed by atoms with E-state index >= 15 is 0 Å². The van der Waals surface area contributed by atoms with Crippen molar-refractivity contribution in [2.24, 2.45) is 0 Å². The third-order valence-electron chi connectivity index (χ3n) is 1.89. The molecule has 0 bridgehead atoms. The van der Waals surface area contributed by atoms with Gasteiger partial charge < -0.3 is 10.7 Å². The second-order valence-corrected chi connectivity index (χ2v) is 2.89. The van der Waals surface area contributed by atoms with E-state index in [1.165, 1.54) is 6.21 Å². The van der Waals surface area contributed by atoms with Gasteiger partial charge >= 0.3 is 0 Å². The Morgan fingerprint density at radius 1 is 1.43 bits per heavy atom. The van der Waals surface area contributed by atoms with Crippen molar-refractivity contribution in [3.05, 3.63) is 48.1 Å². The molecule has 0 aliphatic carbocycles. The highest BCUT2D eigenvalue weighted by atomic mass is 14.8. The molecule has 0 saturated heterocycles. The Kier molecular flexibility index (Phi) is 3.68. The molecule has 0 heterocycles. The number of allylic oxidation sites excluding steroid dienone is 2. The number of rotatable bonds is 4. The summed E-state index contributed by atoms with van der Waals surface area (Å²) in [6.45, 7) is 3.69. The second-order valence-electron chi connectivity index (χ2n) is 2.89. The van der Waals surface area contributed by atoms with Crippen LogP contribution in [0.3, 0.4) is 0 Å². The molecule has 0 unspecified atom stereocenters. The second kappa shape index (κ2) is 5.02. The molecule has 0 fully saturated rings. The van der Waals surface area contributed by atoms with Crippen LogP contribution >= 0.6 is 0 Å². The topological polar surface area (TPSA) is 35.9 Å². The van der Waals surface area contributed by atoms with Gasteiger partial charge in [-0.2, -0.15) is 0 Å². The first kappa shape index (κ1) is 10.3. The van der Waals surface area contributed by atoms with Crippen molar-refractivity contribution in [2.45, 2.75) is 0 Å². The highest BCUT2D eigenvalue weighted by Crippen LogP contribution is 2.15. The van der Waals surface area contributed by atoms with Crippen molar-refractivity contribution in [1.82, 2.24) is 0 Å². The molecule has 14 heavy (non-hydrogen) atoms. The average molecular weight is 186 g/mol. The van der Waals surface area contributed by atoms with Gasteiger partial charge in [-0.15, -0.1) is 0 Å². The lowest BCUT2D eigenvalue weighted by Gasteiger charge is -2.03. The molecule has 1 aromatic carbocycles. The molecule has 2 N–H and O–H groups in total. The first-order valence-corrected chi connectivity index (χ1v) is 4.42. The number of para-hydroxylation sites is 1. The van der Waals surface area contributed by atoms with Gasteiger partial charge in [0, 0.05) is 18.9 Å². The van der Waals surface area contributed by atoms with E-state index in [-0.39, 0.29) is 0 Å². The molecule has 0 aliphatic rings. The number of nitrogens with one attached hydrogen (secondary N) is 2. The Morgan fingerprint density at radius 3 is 2.79 bits per heavy atom. The van der Waals surface area contributed by atoms with Gasteiger partial charge in [-0.1, -0.05) is 36.9 Å². The zero-order chi connectivity index (χ0) is 10.4. The Bertz CT molecular complexity index is 364. The Hall–Kier alpha value is -1.83. The van der Waals surface area contributed by atoms with Gasteiger partial charge in [-0.05, 0) is 17.2 Å². The van der Waals surface area contributed by atoms with E-state index in [2.05, 4.69) is 11.9 Å². The molecular formula is C12H14N2. The monoisotopic (exact) mass is 186 g/mol. The predicted octanol–water partition coefficient (Wildman–Crippen LogP) is 2.95. The lowest BCUT2D eigenvalue weighted by atomic mass is 10.1. The third-order valence-corrected chi connectivity index (χ3v) is 1.89. The Morgan fingerprint density at radius 2 is 2.14 bits per heavy atom. The fourth-order valence-corrected chi connectivity index (χ4v) is 1.11. The van der Waals surface area contributed by atoms with Crippen LogP contribution in [0, 0.1) is 5.41 Å². The minimum absolute atomic E-state index is 0.691. The van der Waals surface area contributed by atoms with E-state index < -0.39 is 0 Å². The summed E-state index contributed by atoms with van der Waals surface area (Å²) < 4.78 is 0. The summed E-state index contributed by atoms with van der Waals surface area (Å²) in [7, 11) is 1.89. The average Bonchev–Trinajstić information content (AvgIpc) is 2.26. The zero-order valence-corrected chi connectivity index (χ0v) is 8.25. The maximum Gasteiger partial charge on any atom is 0.0411 e. The molecule has 0 aromatic heterocycles. The van der Waals surface area contributed by atoms with Crippen LogP contribution in [0.4, 0.5) is 5.69 Å². The SMILES string of the molecule is C=C(C=N)/C=C/c1ccccc1NC. The van der Waals surface area contributed by atoms with Crippen molar-refractivity contribution >= 4 is 18.0 Å². The van der Waals surface area contributed by atoms with Gasteiger partial charge in [0.05, 0.1) is 0 Å². The van der Waals surface area contributed by atoms with Crippen molar-refractivity contribution in [3.8, 4) is 0 Å². The van der Waals surface area contributed by atoms with Crippen LogP contribution in [0.5, 0.6) is 0 Å². The van der Waals surface area contributed by atoms with Crippen molar-refractivity contribution < 1.29 is 0 Å². The van der Waals surface area contributed by atoms with E-state index in [1.807, 2.05) is 43.5 Å². The molecule has 2 heteroatoms. The Balaban J connectivity index is 2.90. The largest absolute Gasteiger partial charge is 0.388 e. The molecule has 2 nitrogen and oxygen atoms in total. The molecule has 0 radical (unpaired) electrons.